The summed E-state index contributed by atoms with van der Waals surface area (Å²) in [6.45, 7) is 11.4. The average molecular weight is 532 g/mol. The van der Waals surface area contributed by atoms with E-state index in [-0.39, 0.29) is 29.2 Å². The van der Waals surface area contributed by atoms with E-state index in [1.165, 1.54) is 31.3 Å². The third-order valence-corrected chi connectivity index (χ3v) is 11.7. The minimum atomic E-state index is -0.607. The Morgan fingerprint density at radius 1 is 1.13 bits per heavy atom. The molecule has 0 aromatic heterocycles. The number of hydrogen-bond donors (Lipinski definition) is 1. The number of fused-ring (bicyclic) bond motifs is 6. The van der Waals surface area contributed by atoms with E-state index >= 15 is 0 Å². The molecular formula is C33H45N3O3. The summed E-state index contributed by atoms with van der Waals surface area (Å²) in [5, 5.41) is 3.14. The molecule has 2 heterocycles. The van der Waals surface area contributed by atoms with Gasteiger partial charge >= 0.3 is 0 Å². The number of rotatable bonds is 4. The molecule has 7 atom stereocenters. The number of carbonyl (C=O) groups excluding carboxylic acids is 3. The van der Waals surface area contributed by atoms with Crippen LogP contribution in [0.3, 0.4) is 0 Å². The number of para-hydroxylation sites is 1. The predicted octanol–water partition coefficient (Wildman–Crippen LogP) is 5.21. The molecule has 3 fully saturated rings. The van der Waals surface area contributed by atoms with Crippen LogP contribution in [0.15, 0.2) is 35.9 Å². The molecule has 0 radical (unpaired) electrons. The Labute approximate surface area is 233 Å². The van der Waals surface area contributed by atoms with Crippen LogP contribution in [-0.2, 0) is 19.8 Å². The minimum absolute atomic E-state index is 0.0234. The number of anilines is 1. The van der Waals surface area contributed by atoms with Gasteiger partial charge < -0.3 is 15.1 Å². The molecule has 6 nitrogen and oxygen atoms in total. The van der Waals surface area contributed by atoms with E-state index in [1.807, 2.05) is 30.9 Å². The number of carbonyl (C=O) groups is 3. The fourth-order valence-corrected chi connectivity index (χ4v) is 10.1. The highest BCUT2D eigenvalue weighted by Gasteiger charge is 2.61. The number of likely N-dealkylation sites (N-methyl/N-ethyl adjacent to an activating group) is 1. The molecule has 39 heavy (non-hydrogen) atoms. The summed E-state index contributed by atoms with van der Waals surface area (Å²) in [6.07, 6.45) is 10.8. The van der Waals surface area contributed by atoms with Crippen LogP contribution in [0.4, 0.5) is 5.69 Å². The Bertz CT molecular complexity index is 1240. The van der Waals surface area contributed by atoms with Gasteiger partial charge in [0, 0.05) is 18.2 Å². The van der Waals surface area contributed by atoms with Crippen molar-refractivity contribution in [2.45, 2.75) is 103 Å². The van der Waals surface area contributed by atoms with Crippen LogP contribution in [0, 0.1) is 28.6 Å². The molecule has 2 aliphatic heterocycles. The number of amides is 3. The lowest BCUT2D eigenvalue weighted by Crippen LogP contribution is -2.65. The monoisotopic (exact) mass is 531 g/mol. The lowest BCUT2D eigenvalue weighted by Gasteiger charge is -2.61. The number of nitrogens with one attached hydrogen (secondary N) is 1. The molecule has 1 aromatic carbocycles. The Hall–Kier alpha value is -2.63. The molecule has 0 unspecified atom stereocenters. The second-order valence-corrected chi connectivity index (χ2v) is 14.5. The number of nitrogens with zero attached hydrogens (tertiary/aromatic N) is 2. The van der Waals surface area contributed by atoms with E-state index in [0.29, 0.717) is 23.7 Å². The normalized spacial score (nSPS) is 38.8. The van der Waals surface area contributed by atoms with Gasteiger partial charge in [-0.1, -0.05) is 70.9 Å². The molecule has 1 saturated heterocycles. The summed E-state index contributed by atoms with van der Waals surface area (Å²) in [5.74, 6) is 1.00. The van der Waals surface area contributed by atoms with Gasteiger partial charge in [-0.25, -0.2) is 0 Å². The van der Waals surface area contributed by atoms with Crippen molar-refractivity contribution in [1.82, 2.24) is 10.2 Å². The maximum absolute atomic E-state index is 13.8. The number of hydrogen-bond acceptors (Lipinski definition) is 3. The Morgan fingerprint density at radius 2 is 1.87 bits per heavy atom. The molecule has 2 saturated carbocycles. The quantitative estimate of drug-likeness (QED) is 0.428. The van der Waals surface area contributed by atoms with Crippen LogP contribution in [0.2, 0.25) is 0 Å². The molecule has 210 valence electrons. The highest BCUT2D eigenvalue weighted by molar-refractivity contribution is 5.97. The lowest BCUT2D eigenvalue weighted by atomic mass is 9.44. The first kappa shape index (κ1) is 26.6. The van der Waals surface area contributed by atoms with Crippen LogP contribution in [0.5, 0.6) is 0 Å². The van der Waals surface area contributed by atoms with Crippen molar-refractivity contribution in [3.8, 4) is 0 Å². The number of piperazine rings is 1. The van der Waals surface area contributed by atoms with Gasteiger partial charge in [-0.05, 0) is 78.7 Å². The van der Waals surface area contributed by atoms with Crippen molar-refractivity contribution in [3.05, 3.63) is 41.5 Å². The standard InChI is InChI=1S/C33H45N3O3/c1-20(2)28-29(38)34-24(30(39)35(28)6)18-33-17-23-21(12-13-26-31(3,4)14-9-15-32(23,26)5)16-27(33)36(19-37)25-11-8-7-10-22(25)33/h7-8,10-11,16,19-20,23-24,26-28H,9,12-15,17-18H2,1-6H3,(H,34,38)/t23-,24-,26-,27+,28-,32+,33-/m0/s1. The second kappa shape index (κ2) is 8.94. The van der Waals surface area contributed by atoms with Gasteiger partial charge in [0.2, 0.25) is 18.2 Å². The lowest BCUT2D eigenvalue weighted by molar-refractivity contribution is -0.150. The number of allylic oxidation sites excluding steroid dienone is 1. The zero-order chi connectivity index (χ0) is 27.9. The van der Waals surface area contributed by atoms with Gasteiger partial charge in [0.1, 0.15) is 12.1 Å². The second-order valence-electron chi connectivity index (χ2n) is 14.5. The van der Waals surface area contributed by atoms with Crippen LogP contribution < -0.4 is 10.2 Å². The minimum Gasteiger partial charge on any atom is -0.342 e. The van der Waals surface area contributed by atoms with Gasteiger partial charge in [-0.3, -0.25) is 14.4 Å². The van der Waals surface area contributed by atoms with Crippen molar-refractivity contribution in [1.29, 1.82) is 0 Å². The largest absolute Gasteiger partial charge is 0.342 e. The fourth-order valence-electron chi connectivity index (χ4n) is 10.1. The van der Waals surface area contributed by atoms with Crippen LogP contribution in [0.1, 0.15) is 85.1 Å². The predicted molar refractivity (Wildman–Crippen MR) is 153 cm³/mol. The molecule has 6 rings (SSSR count). The first-order chi connectivity index (χ1) is 18.4. The molecule has 0 spiro atoms. The maximum Gasteiger partial charge on any atom is 0.245 e. The summed E-state index contributed by atoms with van der Waals surface area (Å²) in [5.41, 5.74) is 3.66. The summed E-state index contributed by atoms with van der Waals surface area (Å²) in [4.78, 5) is 43.2. The molecule has 3 amide bonds. The van der Waals surface area contributed by atoms with Gasteiger partial charge in [-0.15, -0.1) is 0 Å². The van der Waals surface area contributed by atoms with Gasteiger partial charge in [-0.2, -0.15) is 0 Å². The SMILES string of the molecule is CC(C)[C@H]1C(=O)N[C@@H](C[C@]23C[C@H]4C(=C[C@H]2N(C=O)c2ccccc23)CC[C@H]2C(C)(C)CCC[C@]42C)C(=O)N1C. The zero-order valence-corrected chi connectivity index (χ0v) is 24.5. The molecule has 0 bridgehead atoms. The number of benzene rings is 1. The molecule has 3 aliphatic carbocycles. The van der Waals surface area contributed by atoms with E-state index in [9.17, 15) is 14.4 Å². The van der Waals surface area contributed by atoms with E-state index in [0.717, 1.165) is 30.5 Å². The fraction of sp³-hybridized carbons (Fsp3) is 0.667. The van der Waals surface area contributed by atoms with Crippen molar-refractivity contribution in [2.75, 3.05) is 11.9 Å². The molecule has 5 aliphatic rings. The molecule has 6 heteroatoms. The third kappa shape index (κ3) is 3.69. The van der Waals surface area contributed by atoms with Crippen molar-refractivity contribution >= 4 is 23.9 Å². The first-order valence-electron chi connectivity index (χ1n) is 15.1. The highest BCUT2D eigenvalue weighted by atomic mass is 16.2. The van der Waals surface area contributed by atoms with Crippen molar-refractivity contribution < 1.29 is 14.4 Å². The van der Waals surface area contributed by atoms with Gasteiger partial charge in [0.25, 0.3) is 0 Å². The Morgan fingerprint density at radius 3 is 2.59 bits per heavy atom. The first-order valence-corrected chi connectivity index (χ1v) is 15.1. The topological polar surface area (TPSA) is 69.7 Å². The summed E-state index contributed by atoms with van der Waals surface area (Å²) in [6, 6.07) is 7.05. The average Bonchev–Trinajstić information content (AvgIpc) is 3.14. The summed E-state index contributed by atoms with van der Waals surface area (Å²) >= 11 is 0. The highest BCUT2D eigenvalue weighted by Crippen LogP contribution is 2.66. The van der Waals surface area contributed by atoms with E-state index < -0.39 is 17.5 Å². The molecular weight excluding hydrogens is 486 g/mol. The summed E-state index contributed by atoms with van der Waals surface area (Å²) < 4.78 is 0. The maximum atomic E-state index is 13.8. The Balaban J connectivity index is 1.46. The molecule has 1 N–H and O–H groups in total. The van der Waals surface area contributed by atoms with Crippen molar-refractivity contribution in [2.24, 2.45) is 28.6 Å². The summed E-state index contributed by atoms with van der Waals surface area (Å²) in [7, 11) is 1.77. The smallest absolute Gasteiger partial charge is 0.245 e. The zero-order valence-electron chi connectivity index (χ0n) is 24.5. The van der Waals surface area contributed by atoms with E-state index in [2.05, 4.69) is 44.3 Å². The Kier molecular flexibility index (Phi) is 6.09. The van der Waals surface area contributed by atoms with Crippen LogP contribution in [0.25, 0.3) is 0 Å². The van der Waals surface area contributed by atoms with E-state index in [1.54, 1.807) is 11.9 Å². The third-order valence-electron chi connectivity index (χ3n) is 11.7. The molecule has 1 aromatic rings. The van der Waals surface area contributed by atoms with Crippen LogP contribution in [-0.4, -0.2) is 48.3 Å². The van der Waals surface area contributed by atoms with Gasteiger partial charge in [0.05, 0.1) is 6.04 Å². The van der Waals surface area contributed by atoms with Crippen LogP contribution >= 0.6 is 0 Å². The van der Waals surface area contributed by atoms with Crippen molar-refractivity contribution in [3.63, 3.8) is 0 Å². The van der Waals surface area contributed by atoms with E-state index in [4.69, 9.17) is 0 Å². The van der Waals surface area contributed by atoms with Gasteiger partial charge in [0.15, 0.2) is 0 Å².